The fourth-order valence-electron chi connectivity index (χ4n) is 1.71. The SMILES string of the molecule is CCCCOCCN[C@H](C)c1ccc(OC)cc1. The highest BCUT2D eigenvalue weighted by atomic mass is 16.5. The number of nitrogens with one attached hydrogen (secondary N) is 1. The van der Waals surface area contributed by atoms with Crippen LogP contribution in [0.2, 0.25) is 0 Å². The maximum Gasteiger partial charge on any atom is 0.118 e. The van der Waals surface area contributed by atoms with Crippen molar-refractivity contribution in [1.82, 2.24) is 5.32 Å². The van der Waals surface area contributed by atoms with E-state index in [4.69, 9.17) is 9.47 Å². The lowest BCUT2D eigenvalue weighted by atomic mass is 10.1. The number of ether oxygens (including phenoxy) is 2. The van der Waals surface area contributed by atoms with Crippen LogP contribution in [-0.2, 0) is 4.74 Å². The van der Waals surface area contributed by atoms with Crippen molar-refractivity contribution in [1.29, 1.82) is 0 Å². The molecule has 1 N–H and O–H groups in total. The van der Waals surface area contributed by atoms with Crippen LogP contribution in [0.3, 0.4) is 0 Å². The molecule has 0 spiro atoms. The van der Waals surface area contributed by atoms with Crippen LogP contribution in [0.4, 0.5) is 0 Å². The minimum Gasteiger partial charge on any atom is -0.497 e. The van der Waals surface area contributed by atoms with Gasteiger partial charge in [0.1, 0.15) is 5.75 Å². The summed E-state index contributed by atoms with van der Waals surface area (Å²) in [6, 6.07) is 8.50. The third-order valence-corrected chi connectivity index (χ3v) is 2.95. The Morgan fingerprint density at radius 3 is 2.50 bits per heavy atom. The molecular weight excluding hydrogens is 226 g/mol. The van der Waals surface area contributed by atoms with Crippen LogP contribution < -0.4 is 10.1 Å². The van der Waals surface area contributed by atoms with Crippen LogP contribution in [0.15, 0.2) is 24.3 Å². The Hall–Kier alpha value is -1.06. The molecule has 0 saturated heterocycles. The van der Waals surface area contributed by atoms with Gasteiger partial charge in [0.05, 0.1) is 13.7 Å². The van der Waals surface area contributed by atoms with Gasteiger partial charge in [0.2, 0.25) is 0 Å². The molecule has 0 aliphatic heterocycles. The van der Waals surface area contributed by atoms with E-state index in [1.807, 2.05) is 12.1 Å². The largest absolute Gasteiger partial charge is 0.497 e. The minimum absolute atomic E-state index is 0.339. The number of hydrogen-bond donors (Lipinski definition) is 1. The second-order valence-electron chi connectivity index (χ2n) is 4.41. The highest BCUT2D eigenvalue weighted by molar-refractivity contribution is 5.28. The first-order chi connectivity index (χ1) is 8.77. The van der Waals surface area contributed by atoms with E-state index in [-0.39, 0.29) is 0 Å². The predicted molar refractivity (Wildman–Crippen MR) is 75.1 cm³/mol. The first-order valence-electron chi connectivity index (χ1n) is 6.73. The number of hydrogen-bond acceptors (Lipinski definition) is 3. The molecule has 3 heteroatoms. The molecule has 0 unspecified atom stereocenters. The van der Waals surface area contributed by atoms with E-state index in [0.717, 1.165) is 31.9 Å². The molecule has 0 bridgehead atoms. The summed E-state index contributed by atoms with van der Waals surface area (Å²) in [5.41, 5.74) is 1.27. The molecule has 1 atom stereocenters. The van der Waals surface area contributed by atoms with Gasteiger partial charge in [-0.25, -0.2) is 0 Å². The van der Waals surface area contributed by atoms with Gasteiger partial charge in [-0.05, 0) is 31.0 Å². The van der Waals surface area contributed by atoms with Crippen molar-refractivity contribution in [2.75, 3.05) is 26.9 Å². The van der Waals surface area contributed by atoms with Gasteiger partial charge < -0.3 is 14.8 Å². The average Bonchev–Trinajstić information content (AvgIpc) is 2.42. The van der Waals surface area contributed by atoms with Crippen molar-refractivity contribution in [3.8, 4) is 5.75 Å². The molecular formula is C15H25NO2. The second kappa shape index (κ2) is 8.95. The third-order valence-electron chi connectivity index (χ3n) is 2.95. The van der Waals surface area contributed by atoms with Gasteiger partial charge in [-0.15, -0.1) is 0 Å². The first-order valence-corrected chi connectivity index (χ1v) is 6.73. The smallest absolute Gasteiger partial charge is 0.118 e. The normalized spacial score (nSPS) is 12.4. The Bertz CT molecular complexity index is 311. The van der Waals surface area contributed by atoms with Gasteiger partial charge in [0, 0.05) is 19.2 Å². The van der Waals surface area contributed by atoms with E-state index in [1.165, 1.54) is 12.0 Å². The lowest BCUT2D eigenvalue weighted by Gasteiger charge is -2.14. The molecule has 102 valence electrons. The average molecular weight is 251 g/mol. The van der Waals surface area contributed by atoms with Gasteiger partial charge in [-0.3, -0.25) is 0 Å². The maximum absolute atomic E-state index is 5.51. The third kappa shape index (κ3) is 5.52. The van der Waals surface area contributed by atoms with Crippen molar-refractivity contribution in [2.24, 2.45) is 0 Å². The molecule has 1 aromatic carbocycles. The molecule has 0 aliphatic rings. The van der Waals surface area contributed by atoms with Crippen LogP contribution in [0, 0.1) is 0 Å². The number of unbranched alkanes of at least 4 members (excludes halogenated alkanes) is 1. The molecule has 0 saturated carbocycles. The van der Waals surface area contributed by atoms with Crippen LogP contribution in [-0.4, -0.2) is 26.9 Å². The fourth-order valence-corrected chi connectivity index (χ4v) is 1.71. The lowest BCUT2D eigenvalue weighted by molar-refractivity contribution is 0.131. The second-order valence-corrected chi connectivity index (χ2v) is 4.41. The zero-order chi connectivity index (χ0) is 13.2. The zero-order valence-corrected chi connectivity index (χ0v) is 11.7. The van der Waals surface area contributed by atoms with E-state index in [2.05, 4.69) is 31.3 Å². The van der Waals surface area contributed by atoms with Gasteiger partial charge in [0.15, 0.2) is 0 Å². The van der Waals surface area contributed by atoms with E-state index >= 15 is 0 Å². The quantitative estimate of drug-likeness (QED) is 0.684. The Morgan fingerprint density at radius 1 is 1.17 bits per heavy atom. The summed E-state index contributed by atoms with van der Waals surface area (Å²) >= 11 is 0. The predicted octanol–water partition coefficient (Wildman–Crippen LogP) is 3.16. The Kier molecular flexibility index (Phi) is 7.46. The Labute approximate surface area is 110 Å². The number of rotatable bonds is 9. The standard InChI is InChI=1S/C15H25NO2/c1-4-5-11-18-12-10-16-13(2)14-6-8-15(17-3)9-7-14/h6-9,13,16H,4-5,10-12H2,1-3H3/t13-/m1/s1. The molecule has 18 heavy (non-hydrogen) atoms. The van der Waals surface area contributed by atoms with Crippen LogP contribution in [0.1, 0.15) is 38.3 Å². The summed E-state index contributed by atoms with van der Waals surface area (Å²) in [5, 5.41) is 3.45. The number of benzene rings is 1. The molecule has 0 fully saturated rings. The van der Waals surface area contributed by atoms with Crippen LogP contribution in [0.25, 0.3) is 0 Å². The summed E-state index contributed by atoms with van der Waals surface area (Å²) in [7, 11) is 1.68. The monoisotopic (exact) mass is 251 g/mol. The zero-order valence-electron chi connectivity index (χ0n) is 11.7. The van der Waals surface area contributed by atoms with Crippen LogP contribution in [0.5, 0.6) is 5.75 Å². The van der Waals surface area contributed by atoms with Crippen LogP contribution >= 0.6 is 0 Å². The molecule has 0 amide bonds. The van der Waals surface area contributed by atoms with Crippen molar-refractivity contribution in [3.63, 3.8) is 0 Å². The summed E-state index contributed by atoms with van der Waals surface area (Å²) in [6.45, 7) is 6.87. The van der Waals surface area contributed by atoms with Gasteiger partial charge in [-0.1, -0.05) is 25.5 Å². The summed E-state index contributed by atoms with van der Waals surface area (Å²) in [5.74, 6) is 0.897. The summed E-state index contributed by atoms with van der Waals surface area (Å²) in [4.78, 5) is 0. The first kappa shape index (κ1) is 15.0. The van der Waals surface area contributed by atoms with Gasteiger partial charge in [0.25, 0.3) is 0 Å². The van der Waals surface area contributed by atoms with Crippen molar-refractivity contribution in [2.45, 2.75) is 32.7 Å². The highest BCUT2D eigenvalue weighted by Crippen LogP contribution is 2.16. The van der Waals surface area contributed by atoms with Crippen molar-refractivity contribution >= 4 is 0 Å². The Morgan fingerprint density at radius 2 is 1.89 bits per heavy atom. The maximum atomic E-state index is 5.51. The molecule has 0 aliphatic carbocycles. The lowest BCUT2D eigenvalue weighted by Crippen LogP contribution is -2.23. The summed E-state index contributed by atoms with van der Waals surface area (Å²) < 4.78 is 10.7. The van der Waals surface area contributed by atoms with Crippen molar-refractivity contribution in [3.05, 3.63) is 29.8 Å². The fraction of sp³-hybridized carbons (Fsp3) is 0.600. The van der Waals surface area contributed by atoms with E-state index < -0.39 is 0 Å². The molecule has 0 aromatic heterocycles. The van der Waals surface area contributed by atoms with Crippen molar-refractivity contribution < 1.29 is 9.47 Å². The minimum atomic E-state index is 0.339. The van der Waals surface area contributed by atoms with Gasteiger partial charge in [-0.2, -0.15) is 0 Å². The van der Waals surface area contributed by atoms with E-state index in [0.29, 0.717) is 6.04 Å². The topological polar surface area (TPSA) is 30.5 Å². The molecule has 1 aromatic rings. The summed E-state index contributed by atoms with van der Waals surface area (Å²) in [6.07, 6.45) is 2.34. The molecule has 1 rings (SSSR count). The molecule has 0 heterocycles. The highest BCUT2D eigenvalue weighted by Gasteiger charge is 2.04. The van der Waals surface area contributed by atoms with E-state index in [1.54, 1.807) is 7.11 Å². The number of methoxy groups -OCH3 is 1. The molecule has 0 radical (unpaired) electrons. The van der Waals surface area contributed by atoms with E-state index in [9.17, 15) is 0 Å². The molecule has 3 nitrogen and oxygen atoms in total. The Balaban J connectivity index is 2.21. The van der Waals surface area contributed by atoms with Gasteiger partial charge >= 0.3 is 0 Å².